The molecule has 178 valence electrons. The summed E-state index contributed by atoms with van der Waals surface area (Å²) < 4.78 is 0. The highest BCUT2D eigenvalue weighted by atomic mass is 32.1. The summed E-state index contributed by atoms with van der Waals surface area (Å²) in [7, 11) is 0. The Labute approximate surface area is 204 Å². The number of benzene rings is 2. The number of likely N-dealkylation sites (tertiary alicyclic amines) is 1. The van der Waals surface area contributed by atoms with Crippen molar-refractivity contribution in [3.63, 3.8) is 0 Å². The quantitative estimate of drug-likeness (QED) is 0.568. The predicted molar refractivity (Wildman–Crippen MR) is 137 cm³/mol. The molecule has 6 nitrogen and oxygen atoms in total. The van der Waals surface area contributed by atoms with Crippen LogP contribution >= 0.6 is 11.3 Å². The van der Waals surface area contributed by atoms with Crippen LogP contribution in [0.1, 0.15) is 51.1 Å². The van der Waals surface area contributed by atoms with E-state index in [1.165, 1.54) is 10.8 Å². The predicted octanol–water partition coefficient (Wildman–Crippen LogP) is 4.52. The maximum absolute atomic E-state index is 13.8. The Morgan fingerprint density at radius 3 is 2.65 bits per heavy atom. The second-order valence-electron chi connectivity index (χ2n) is 10.4. The molecule has 2 aliphatic rings. The van der Waals surface area contributed by atoms with Crippen LogP contribution in [0.3, 0.4) is 0 Å². The molecule has 2 amide bonds. The van der Waals surface area contributed by atoms with E-state index in [2.05, 4.69) is 52.4 Å². The summed E-state index contributed by atoms with van der Waals surface area (Å²) in [5.74, 6) is -0.0904. The maximum Gasteiger partial charge on any atom is 0.246 e. The van der Waals surface area contributed by atoms with Crippen LogP contribution in [0.25, 0.3) is 22.0 Å². The van der Waals surface area contributed by atoms with Crippen molar-refractivity contribution in [3.05, 3.63) is 52.9 Å². The second kappa shape index (κ2) is 9.12. The Hall–Kier alpha value is -2.77. The van der Waals surface area contributed by atoms with E-state index in [-0.39, 0.29) is 29.3 Å². The molecular formula is C27H32N4O2S. The summed E-state index contributed by atoms with van der Waals surface area (Å²) in [4.78, 5) is 33.4. The van der Waals surface area contributed by atoms with E-state index in [4.69, 9.17) is 4.98 Å². The second-order valence-corrected chi connectivity index (χ2v) is 11.3. The van der Waals surface area contributed by atoms with Gasteiger partial charge in [-0.05, 0) is 42.0 Å². The van der Waals surface area contributed by atoms with Crippen LogP contribution in [0, 0.1) is 5.41 Å². The lowest BCUT2D eigenvalue weighted by molar-refractivity contribution is -0.141. The molecule has 0 radical (unpaired) electrons. The van der Waals surface area contributed by atoms with Crippen molar-refractivity contribution in [2.24, 2.45) is 5.41 Å². The fraction of sp³-hybridized carbons (Fsp3) is 0.444. The van der Waals surface area contributed by atoms with Crippen molar-refractivity contribution in [2.45, 2.75) is 58.2 Å². The van der Waals surface area contributed by atoms with Crippen molar-refractivity contribution >= 4 is 33.9 Å². The van der Waals surface area contributed by atoms with E-state index in [0.29, 0.717) is 6.54 Å². The van der Waals surface area contributed by atoms with Crippen LogP contribution in [0.2, 0.25) is 0 Å². The van der Waals surface area contributed by atoms with Gasteiger partial charge in [-0.25, -0.2) is 4.98 Å². The van der Waals surface area contributed by atoms with E-state index < -0.39 is 6.04 Å². The third-order valence-electron chi connectivity index (χ3n) is 6.95. The SMILES string of the molecule is CC(C)(C)[C@H](NC(=O)[C@@H]1CCN1)C(=O)N1CCC[C@H]1c1nc(-c2cccc3ccccc23)cs1. The number of amides is 2. The lowest BCUT2D eigenvalue weighted by Gasteiger charge is -2.37. The van der Waals surface area contributed by atoms with Gasteiger partial charge in [0, 0.05) is 17.5 Å². The highest BCUT2D eigenvalue weighted by Gasteiger charge is 2.42. The molecule has 1 aromatic heterocycles. The van der Waals surface area contributed by atoms with E-state index >= 15 is 0 Å². The summed E-state index contributed by atoms with van der Waals surface area (Å²) in [5.41, 5.74) is 1.68. The van der Waals surface area contributed by atoms with Gasteiger partial charge in [0.05, 0.1) is 17.8 Å². The molecule has 2 N–H and O–H groups in total. The Morgan fingerprint density at radius 2 is 1.91 bits per heavy atom. The molecule has 2 saturated heterocycles. The lowest BCUT2D eigenvalue weighted by Crippen LogP contribution is -2.60. The van der Waals surface area contributed by atoms with E-state index in [1.807, 2.05) is 31.7 Å². The molecule has 7 heteroatoms. The van der Waals surface area contributed by atoms with Gasteiger partial charge in [0.2, 0.25) is 11.8 Å². The zero-order chi connectivity index (χ0) is 23.9. The summed E-state index contributed by atoms with van der Waals surface area (Å²) >= 11 is 1.62. The van der Waals surface area contributed by atoms with Gasteiger partial charge in [0.15, 0.2) is 0 Å². The number of fused-ring (bicyclic) bond motifs is 1. The van der Waals surface area contributed by atoms with E-state index in [0.717, 1.165) is 42.1 Å². The zero-order valence-electron chi connectivity index (χ0n) is 20.0. The minimum absolute atomic E-state index is 0.00964. The van der Waals surface area contributed by atoms with Gasteiger partial charge in [-0.2, -0.15) is 0 Å². The van der Waals surface area contributed by atoms with Crippen molar-refractivity contribution in [1.82, 2.24) is 20.5 Å². The van der Waals surface area contributed by atoms with Gasteiger partial charge in [-0.3, -0.25) is 9.59 Å². The van der Waals surface area contributed by atoms with Gasteiger partial charge < -0.3 is 15.5 Å². The summed E-state index contributed by atoms with van der Waals surface area (Å²) in [6.07, 6.45) is 2.65. The minimum atomic E-state index is -0.569. The van der Waals surface area contributed by atoms with Gasteiger partial charge >= 0.3 is 0 Å². The number of carbonyl (C=O) groups excluding carboxylic acids is 2. The summed E-state index contributed by atoms with van der Waals surface area (Å²) in [5, 5.41) is 11.6. The smallest absolute Gasteiger partial charge is 0.246 e. The molecule has 2 aliphatic heterocycles. The molecule has 3 atom stereocenters. The van der Waals surface area contributed by atoms with E-state index in [9.17, 15) is 9.59 Å². The first-order valence-corrected chi connectivity index (χ1v) is 13.0. The molecule has 3 heterocycles. The standard InChI is InChI=1S/C27H32N4O2S/c1-27(2,3)23(30-24(32)20-13-14-28-20)26(33)31-15-7-12-22(31)25-29-21(16-34-25)19-11-6-9-17-8-4-5-10-18(17)19/h4-6,8-11,16,20,22-23,28H,7,12-15H2,1-3H3,(H,30,32)/t20-,22-,23+/m0/s1. The Bertz CT molecular complexity index is 1210. The molecular weight excluding hydrogens is 444 g/mol. The summed E-state index contributed by atoms with van der Waals surface area (Å²) in [6.45, 7) is 7.58. The van der Waals surface area contributed by atoms with Crippen LogP contribution in [-0.2, 0) is 9.59 Å². The topological polar surface area (TPSA) is 74.3 Å². The Balaban J connectivity index is 1.39. The molecule has 34 heavy (non-hydrogen) atoms. The lowest BCUT2D eigenvalue weighted by atomic mass is 9.85. The molecule has 3 aromatic rings. The number of thiazole rings is 1. The largest absolute Gasteiger partial charge is 0.342 e. The number of hydrogen-bond acceptors (Lipinski definition) is 5. The monoisotopic (exact) mass is 476 g/mol. The number of rotatable bonds is 5. The average molecular weight is 477 g/mol. The molecule has 0 spiro atoms. The normalized spacial score (nSPS) is 21.3. The third kappa shape index (κ3) is 4.34. The number of hydrogen-bond donors (Lipinski definition) is 2. The fourth-order valence-electron chi connectivity index (χ4n) is 4.87. The van der Waals surface area contributed by atoms with Crippen LogP contribution in [0.5, 0.6) is 0 Å². The Morgan fingerprint density at radius 1 is 1.15 bits per heavy atom. The van der Waals surface area contributed by atoms with Crippen molar-refractivity contribution in [3.8, 4) is 11.3 Å². The van der Waals surface area contributed by atoms with Gasteiger partial charge in [0.25, 0.3) is 0 Å². The number of nitrogens with one attached hydrogen (secondary N) is 2. The molecule has 2 fully saturated rings. The zero-order valence-corrected chi connectivity index (χ0v) is 20.8. The molecule has 2 aromatic carbocycles. The molecule has 0 saturated carbocycles. The number of carbonyl (C=O) groups is 2. The molecule has 0 aliphatic carbocycles. The van der Waals surface area contributed by atoms with Gasteiger partial charge in [-0.1, -0.05) is 63.2 Å². The highest BCUT2D eigenvalue weighted by Crippen LogP contribution is 2.38. The van der Waals surface area contributed by atoms with Crippen LogP contribution in [0.15, 0.2) is 47.8 Å². The highest BCUT2D eigenvalue weighted by molar-refractivity contribution is 7.10. The first-order valence-electron chi connectivity index (χ1n) is 12.1. The van der Waals surface area contributed by atoms with Gasteiger partial charge in [0.1, 0.15) is 11.0 Å². The van der Waals surface area contributed by atoms with Crippen molar-refractivity contribution < 1.29 is 9.59 Å². The minimum Gasteiger partial charge on any atom is -0.342 e. The van der Waals surface area contributed by atoms with Crippen LogP contribution in [0.4, 0.5) is 0 Å². The van der Waals surface area contributed by atoms with Gasteiger partial charge in [-0.15, -0.1) is 11.3 Å². The fourth-order valence-corrected chi connectivity index (χ4v) is 5.84. The molecule has 5 rings (SSSR count). The van der Waals surface area contributed by atoms with Crippen LogP contribution in [-0.4, -0.2) is 46.9 Å². The van der Waals surface area contributed by atoms with Crippen molar-refractivity contribution in [1.29, 1.82) is 0 Å². The number of nitrogens with zero attached hydrogens (tertiary/aromatic N) is 2. The first-order chi connectivity index (χ1) is 16.3. The third-order valence-corrected chi connectivity index (χ3v) is 7.89. The van der Waals surface area contributed by atoms with E-state index in [1.54, 1.807) is 11.3 Å². The average Bonchev–Trinajstić information content (AvgIpc) is 3.44. The first kappa shape index (κ1) is 23.0. The summed E-state index contributed by atoms with van der Waals surface area (Å²) in [6, 6.07) is 13.8. The number of aromatic nitrogens is 1. The molecule has 0 bridgehead atoms. The van der Waals surface area contributed by atoms with Crippen molar-refractivity contribution in [2.75, 3.05) is 13.1 Å². The van der Waals surface area contributed by atoms with Crippen LogP contribution < -0.4 is 10.6 Å². The Kier molecular flexibility index (Phi) is 6.16. The molecule has 0 unspecified atom stereocenters. The maximum atomic E-state index is 13.8.